The van der Waals surface area contributed by atoms with Crippen molar-refractivity contribution in [3.63, 3.8) is 0 Å². The third-order valence-corrected chi connectivity index (χ3v) is 2.58. The Hall–Kier alpha value is -1.97. The van der Waals surface area contributed by atoms with E-state index in [1.807, 2.05) is 13.1 Å². The van der Waals surface area contributed by atoms with Crippen LogP contribution in [0.2, 0.25) is 0 Å². The molecule has 1 aromatic rings. The number of ether oxygens (including phenoxy) is 1. The largest absolute Gasteiger partial charge is 0.383 e. The SMILES string of the molecule is COCCN(C)CCNC(=O)c1ccc(C#N)cn1. The van der Waals surface area contributed by atoms with Crippen molar-refractivity contribution >= 4 is 5.91 Å². The van der Waals surface area contributed by atoms with Crippen molar-refractivity contribution < 1.29 is 9.53 Å². The molecule has 0 atom stereocenters. The molecule has 0 aromatic carbocycles. The first-order valence-corrected chi connectivity index (χ1v) is 5.99. The van der Waals surface area contributed by atoms with Gasteiger partial charge >= 0.3 is 0 Å². The average molecular weight is 262 g/mol. The Morgan fingerprint density at radius 1 is 1.53 bits per heavy atom. The highest BCUT2D eigenvalue weighted by atomic mass is 16.5. The van der Waals surface area contributed by atoms with Gasteiger partial charge in [-0.15, -0.1) is 0 Å². The Balaban J connectivity index is 2.33. The van der Waals surface area contributed by atoms with Gasteiger partial charge in [0.1, 0.15) is 11.8 Å². The number of nitrogens with zero attached hydrogens (tertiary/aromatic N) is 3. The van der Waals surface area contributed by atoms with Crippen molar-refractivity contribution in [2.45, 2.75) is 0 Å². The molecule has 0 spiro atoms. The molecule has 0 radical (unpaired) electrons. The summed E-state index contributed by atoms with van der Waals surface area (Å²) in [5.41, 5.74) is 0.759. The lowest BCUT2D eigenvalue weighted by molar-refractivity contribution is 0.0942. The van der Waals surface area contributed by atoms with E-state index in [2.05, 4.69) is 15.2 Å². The van der Waals surface area contributed by atoms with Crippen LogP contribution in [0.4, 0.5) is 0 Å². The topological polar surface area (TPSA) is 78.2 Å². The number of aromatic nitrogens is 1. The van der Waals surface area contributed by atoms with Crippen LogP contribution < -0.4 is 5.32 Å². The van der Waals surface area contributed by atoms with Crippen LogP contribution in [0, 0.1) is 11.3 Å². The highest BCUT2D eigenvalue weighted by Gasteiger charge is 2.06. The third-order valence-electron chi connectivity index (χ3n) is 2.58. The van der Waals surface area contributed by atoms with E-state index in [-0.39, 0.29) is 5.91 Å². The van der Waals surface area contributed by atoms with Gasteiger partial charge in [-0.05, 0) is 19.2 Å². The van der Waals surface area contributed by atoms with Crippen LogP contribution in [-0.4, -0.2) is 56.2 Å². The fourth-order valence-corrected chi connectivity index (χ4v) is 1.40. The van der Waals surface area contributed by atoms with Crippen molar-refractivity contribution in [1.82, 2.24) is 15.2 Å². The van der Waals surface area contributed by atoms with Crippen LogP contribution in [0.25, 0.3) is 0 Å². The molecular weight excluding hydrogens is 244 g/mol. The Morgan fingerprint density at radius 3 is 2.89 bits per heavy atom. The van der Waals surface area contributed by atoms with Gasteiger partial charge in [0.2, 0.25) is 0 Å². The molecule has 0 unspecified atom stereocenters. The van der Waals surface area contributed by atoms with Crippen LogP contribution in [0.15, 0.2) is 18.3 Å². The number of pyridine rings is 1. The summed E-state index contributed by atoms with van der Waals surface area (Å²) in [6.07, 6.45) is 1.39. The van der Waals surface area contributed by atoms with Crippen LogP contribution in [0.3, 0.4) is 0 Å². The molecule has 0 fully saturated rings. The zero-order valence-corrected chi connectivity index (χ0v) is 11.2. The van der Waals surface area contributed by atoms with Gasteiger partial charge in [0, 0.05) is 32.9 Å². The van der Waals surface area contributed by atoms with Crippen LogP contribution in [-0.2, 0) is 4.74 Å². The second-order valence-corrected chi connectivity index (χ2v) is 4.10. The molecule has 0 saturated heterocycles. The number of rotatable bonds is 7. The Kier molecular flexibility index (Phi) is 6.50. The van der Waals surface area contributed by atoms with E-state index in [4.69, 9.17) is 10.00 Å². The molecule has 1 heterocycles. The monoisotopic (exact) mass is 262 g/mol. The molecule has 0 aliphatic rings. The lowest BCUT2D eigenvalue weighted by atomic mass is 10.2. The van der Waals surface area contributed by atoms with Gasteiger partial charge in [0.25, 0.3) is 5.91 Å². The van der Waals surface area contributed by atoms with Crippen LogP contribution >= 0.6 is 0 Å². The third kappa shape index (κ3) is 5.46. The second kappa shape index (κ2) is 8.19. The highest BCUT2D eigenvalue weighted by molar-refractivity contribution is 5.92. The molecule has 1 rings (SSSR count). The number of carbonyl (C=O) groups is 1. The first kappa shape index (κ1) is 15.1. The average Bonchev–Trinajstić information content (AvgIpc) is 2.45. The first-order valence-electron chi connectivity index (χ1n) is 5.99. The number of likely N-dealkylation sites (N-methyl/N-ethyl adjacent to an activating group) is 1. The summed E-state index contributed by atoms with van der Waals surface area (Å²) >= 11 is 0. The summed E-state index contributed by atoms with van der Waals surface area (Å²) in [4.78, 5) is 17.7. The molecular formula is C13H18N4O2. The zero-order chi connectivity index (χ0) is 14.1. The minimum absolute atomic E-state index is 0.232. The fraction of sp³-hybridized carbons (Fsp3) is 0.462. The lowest BCUT2D eigenvalue weighted by Crippen LogP contribution is -2.34. The first-order chi connectivity index (χ1) is 9.17. The molecule has 6 heteroatoms. The summed E-state index contributed by atoms with van der Waals surface area (Å²) in [6.45, 7) is 2.77. The van der Waals surface area contributed by atoms with Gasteiger partial charge in [0.15, 0.2) is 0 Å². The van der Waals surface area contributed by atoms with Crippen LogP contribution in [0.5, 0.6) is 0 Å². The number of hydrogen-bond acceptors (Lipinski definition) is 5. The minimum Gasteiger partial charge on any atom is -0.383 e. The van der Waals surface area contributed by atoms with Crippen molar-refractivity contribution in [2.75, 3.05) is 40.4 Å². The highest BCUT2D eigenvalue weighted by Crippen LogP contribution is 1.98. The Morgan fingerprint density at radius 2 is 2.32 bits per heavy atom. The molecule has 0 aliphatic carbocycles. The molecule has 102 valence electrons. The fourth-order valence-electron chi connectivity index (χ4n) is 1.40. The summed E-state index contributed by atoms with van der Waals surface area (Å²) in [5, 5.41) is 11.4. The summed E-state index contributed by atoms with van der Waals surface area (Å²) in [5.74, 6) is -0.232. The van der Waals surface area contributed by atoms with Gasteiger partial charge in [-0.1, -0.05) is 0 Å². The maximum atomic E-state index is 11.7. The maximum absolute atomic E-state index is 11.7. The van der Waals surface area contributed by atoms with Gasteiger partial charge < -0.3 is 15.0 Å². The Labute approximate surface area is 113 Å². The van der Waals surface area contributed by atoms with Crippen molar-refractivity contribution in [3.05, 3.63) is 29.6 Å². The van der Waals surface area contributed by atoms with E-state index in [0.717, 1.165) is 13.1 Å². The van der Waals surface area contributed by atoms with Gasteiger partial charge in [-0.2, -0.15) is 5.26 Å². The van der Waals surface area contributed by atoms with Crippen molar-refractivity contribution in [1.29, 1.82) is 5.26 Å². The van der Waals surface area contributed by atoms with Crippen LogP contribution in [0.1, 0.15) is 16.1 Å². The standard InChI is InChI=1S/C13H18N4O2/c1-17(7-8-19-2)6-5-15-13(18)12-4-3-11(9-14)10-16-12/h3-4,10H,5-8H2,1-2H3,(H,15,18). The molecule has 0 saturated carbocycles. The minimum atomic E-state index is -0.232. The predicted octanol–water partition coefficient (Wildman–Crippen LogP) is 0.261. The predicted molar refractivity (Wildman–Crippen MR) is 70.7 cm³/mol. The zero-order valence-electron chi connectivity index (χ0n) is 11.2. The van der Waals surface area contributed by atoms with E-state index >= 15 is 0 Å². The second-order valence-electron chi connectivity index (χ2n) is 4.10. The number of methoxy groups -OCH3 is 1. The van der Waals surface area contributed by atoms with E-state index in [1.54, 1.807) is 19.2 Å². The van der Waals surface area contributed by atoms with E-state index < -0.39 is 0 Å². The maximum Gasteiger partial charge on any atom is 0.269 e. The van der Waals surface area contributed by atoms with Gasteiger partial charge in [0.05, 0.1) is 12.2 Å². The van der Waals surface area contributed by atoms with Crippen molar-refractivity contribution in [2.24, 2.45) is 0 Å². The summed E-state index contributed by atoms with van der Waals surface area (Å²) < 4.78 is 4.97. The smallest absolute Gasteiger partial charge is 0.269 e. The molecule has 0 aliphatic heterocycles. The summed E-state index contributed by atoms with van der Waals surface area (Å²) in [6, 6.07) is 5.08. The van der Waals surface area contributed by atoms with E-state index in [9.17, 15) is 4.79 Å². The summed E-state index contributed by atoms with van der Waals surface area (Å²) in [7, 11) is 3.62. The van der Waals surface area contributed by atoms with Gasteiger partial charge in [-0.3, -0.25) is 4.79 Å². The number of hydrogen-bond donors (Lipinski definition) is 1. The van der Waals surface area contributed by atoms with Gasteiger partial charge in [-0.25, -0.2) is 4.98 Å². The number of nitrogens with one attached hydrogen (secondary N) is 1. The molecule has 1 N–H and O–H groups in total. The number of carbonyl (C=O) groups excluding carboxylic acids is 1. The quantitative estimate of drug-likeness (QED) is 0.762. The molecule has 19 heavy (non-hydrogen) atoms. The molecule has 1 amide bonds. The van der Waals surface area contributed by atoms with E-state index in [1.165, 1.54) is 6.20 Å². The van der Waals surface area contributed by atoms with Crippen molar-refractivity contribution in [3.8, 4) is 6.07 Å². The number of amides is 1. The molecule has 1 aromatic heterocycles. The lowest BCUT2D eigenvalue weighted by Gasteiger charge is -2.15. The molecule has 6 nitrogen and oxygen atoms in total. The number of nitriles is 1. The molecule has 0 bridgehead atoms. The Bertz CT molecular complexity index is 439. The van der Waals surface area contributed by atoms with E-state index in [0.29, 0.717) is 24.4 Å². The normalized spacial score (nSPS) is 10.2.